The quantitative estimate of drug-likeness (QED) is 0.235. The summed E-state index contributed by atoms with van der Waals surface area (Å²) in [6.07, 6.45) is 2.41. The van der Waals surface area contributed by atoms with Gasteiger partial charge in [-0.25, -0.2) is 9.48 Å². The molecular weight excluding hydrogens is 440 g/mol. The van der Waals surface area contributed by atoms with Crippen LogP contribution in [0.4, 0.5) is 11.4 Å². The lowest BCUT2D eigenvalue weighted by Crippen LogP contribution is -2.34. The van der Waals surface area contributed by atoms with Crippen LogP contribution in [0.2, 0.25) is 0 Å². The largest absolute Gasteiger partial charge is 0.458 e. The van der Waals surface area contributed by atoms with E-state index in [-0.39, 0.29) is 24.8 Å². The molecule has 0 radical (unpaired) electrons. The van der Waals surface area contributed by atoms with Gasteiger partial charge in [-0.1, -0.05) is 63.8 Å². The minimum absolute atomic E-state index is 0. The Balaban J connectivity index is 0.00000342. The summed E-state index contributed by atoms with van der Waals surface area (Å²) < 4.78 is 7.37. The molecule has 0 aliphatic heterocycles. The summed E-state index contributed by atoms with van der Waals surface area (Å²) >= 11 is 0. The predicted octanol–water partition coefficient (Wildman–Crippen LogP) is 7.06. The minimum Gasteiger partial charge on any atom is -0.458 e. The average Bonchev–Trinajstić information content (AvgIpc) is 3.11. The predicted molar refractivity (Wildman–Crippen MR) is 139 cm³/mol. The van der Waals surface area contributed by atoms with Crippen molar-refractivity contribution in [3.8, 4) is 5.69 Å². The van der Waals surface area contributed by atoms with Crippen molar-refractivity contribution in [2.45, 2.75) is 53.6 Å². The van der Waals surface area contributed by atoms with Crippen molar-refractivity contribution in [1.29, 1.82) is 0 Å². The number of esters is 1. The van der Waals surface area contributed by atoms with Gasteiger partial charge in [0.05, 0.1) is 16.9 Å². The first-order chi connectivity index (χ1) is 16.3. The molecule has 2 aromatic carbocycles. The standard InChI is InChI=1S/C27H30N4O3.CH4/c1-17(2)21-15-14-18(3)16-24(21)34-27(33)22-12-8-9-13-23(22)28-29-25-19(4)30-31(26(25)32)20-10-6-5-7-11-20;/h5-13,17,21,24,30H,3,14-16H2,1-2,4H3;1H4. The van der Waals surface area contributed by atoms with Crippen molar-refractivity contribution < 1.29 is 9.53 Å². The van der Waals surface area contributed by atoms with E-state index in [1.807, 2.05) is 30.3 Å². The zero-order valence-electron chi connectivity index (χ0n) is 19.8. The van der Waals surface area contributed by atoms with Crippen LogP contribution in [0.15, 0.2) is 81.8 Å². The highest BCUT2D eigenvalue weighted by atomic mass is 16.5. The molecule has 35 heavy (non-hydrogen) atoms. The van der Waals surface area contributed by atoms with E-state index in [1.165, 1.54) is 4.68 Å². The lowest BCUT2D eigenvalue weighted by molar-refractivity contribution is -0.000572. The van der Waals surface area contributed by atoms with Gasteiger partial charge in [0.15, 0.2) is 5.69 Å². The van der Waals surface area contributed by atoms with Gasteiger partial charge < -0.3 is 4.74 Å². The highest BCUT2D eigenvalue weighted by Crippen LogP contribution is 2.35. The van der Waals surface area contributed by atoms with Gasteiger partial charge in [0.25, 0.3) is 5.56 Å². The molecule has 0 amide bonds. The zero-order valence-corrected chi connectivity index (χ0v) is 19.8. The number of carbonyl (C=O) groups is 1. The number of aromatic amines is 1. The number of rotatable bonds is 6. The van der Waals surface area contributed by atoms with Crippen LogP contribution in [0.25, 0.3) is 5.69 Å². The summed E-state index contributed by atoms with van der Waals surface area (Å²) in [5.41, 5.74) is 2.95. The van der Waals surface area contributed by atoms with Crippen LogP contribution in [-0.4, -0.2) is 21.9 Å². The maximum absolute atomic E-state index is 13.1. The Morgan fingerprint density at radius 1 is 1.11 bits per heavy atom. The number of ether oxygens (including phenoxy) is 1. The third-order valence-electron chi connectivity index (χ3n) is 6.35. The number of aromatic nitrogens is 2. The summed E-state index contributed by atoms with van der Waals surface area (Å²) in [6.45, 7) is 10.2. The van der Waals surface area contributed by atoms with Crippen molar-refractivity contribution in [2.24, 2.45) is 22.1 Å². The second kappa shape index (κ2) is 11.1. The molecule has 7 nitrogen and oxygen atoms in total. The Bertz CT molecular complexity index is 1270. The molecule has 1 aromatic heterocycles. The molecule has 0 spiro atoms. The van der Waals surface area contributed by atoms with Gasteiger partial charge in [-0.15, -0.1) is 10.2 Å². The number of nitrogens with zero attached hydrogens (tertiary/aromatic N) is 3. The van der Waals surface area contributed by atoms with Crippen LogP contribution in [-0.2, 0) is 4.74 Å². The number of azo groups is 1. The van der Waals surface area contributed by atoms with E-state index in [2.05, 4.69) is 35.8 Å². The smallest absolute Gasteiger partial charge is 0.340 e. The number of H-pyrrole nitrogens is 1. The van der Waals surface area contributed by atoms with E-state index in [4.69, 9.17) is 4.74 Å². The highest BCUT2D eigenvalue weighted by Gasteiger charge is 2.32. The van der Waals surface area contributed by atoms with Crippen LogP contribution in [0, 0.1) is 18.8 Å². The summed E-state index contributed by atoms with van der Waals surface area (Å²) in [4.78, 5) is 26.0. The van der Waals surface area contributed by atoms with Crippen LogP contribution >= 0.6 is 0 Å². The lowest BCUT2D eigenvalue weighted by Gasteiger charge is -2.34. The zero-order chi connectivity index (χ0) is 24.2. The third-order valence-corrected chi connectivity index (χ3v) is 6.35. The minimum atomic E-state index is -0.438. The first-order valence-corrected chi connectivity index (χ1v) is 11.6. The van der Waals surface area contributed by atoms with Crippen LogP contribution in [0.3, 0.4) is 0 Å². The van der Waals surface area contributed by atoms with Gasteiger partial charge >= 0.3 is 5.97 Å². The first kappa shape index (κ1) is 25.9. The number of para-hydroxylation sites is 1. The summed E-state index contributed by atoms with van der Waals surface area (Å²) in [6, 6.07) is 16.1. The molecule has 1 heterocycles. The van der Waals surface area contributed by atoms with Gasteiger partial charge in [-0.2, -0.15) is 0 Å². The van der Waals surface area contributed by atoms with E-state index in [1.54, 1.807) is 31.2 Å². The van der Waals surface area contributed by atoms with Crippen molar-refractivity contribution in [3.63, 3.8) is 0 Å². The number of nitrogens with one attached hydrogen (secondary N) is 1. The molecule has 1 aliphatic rings. The number of hydrogen-bond acceptors (Lipinski definition) is 5. The Hall–Kier alpha value is -3.74. The summed E-state index contributed by atoms with van der Waals surface area (Å²) in [7, 11) is 0. The topological polar surface area (TPSA) is 88.8 Å². The van der Waals surface area contributed by atoms with Gasteiger partial charge in [-0.3, -0.25) is 9.89 Å². The summed E-state index contributed by atoms with van der Waals surface area (Å²) in [5.74, 6) is 0.263. The molecule has 2 atom stereocenters. The third kappa shape index (κ3) is 5.67. The first-order valence-electron chi connectivity index (χ1n) is 11.6. The Morgan fingerprint density at radius 3 is 2.51 bits per heavy atom. The molecular formula is C28H34N4O3. The van der Waals surface area contributed by atoms with Crippen LogP contribution < -0.4 is 5.56 Å². The molecule has 2 unspecified atom stereocenters. The molecule has 1 saturated carbocycles. The molecule has 7 heteroatoms. The fraction of sp³-hybridized carbons (Fsp3) is 0.357. The second-order valence-electron chi connectivity index (χ2n) is 9.12. The SMILES string of the molecule is C.C=C1CCC(C(C)C)C(OC(=O)c2ccccc2N=Nc2c(C)[nH]n(-c3ccccc3)c2=O)C1. The Labute approximate surface area is 206 Å². The van der Waals surface area contributed by atoms with E-state index >= 15 is 0 Å². The van der Waals surface area contributed by atoms with Gasteiger partial charge in [0, 0.05) is 6.42 Å². The van der Waals surface area contributed by atoms with Crippen molar-refractivity contribution >= 4 is 17.3 Å². The number of carbonyl (C=O) groups excluding carboxylic acids is 1. The number of hydrogen-bond donors (Lipinski definition) is 1. The highest BCUT2D eigenvalue weighted by molar-refractivity contribution is 5.94. The molecule has 1 fully saturated rings. The average molecular weight is 475 g/mol. The fourth-order valence-corrected chi connectivity index (χ4v) is 4.44. The molecule has 3 aromatic rings. The Kier molecular flexibility index (Phi) is 8.22. The van der Waals surface area contributed by atoms with Crippen molar-refractivity contribution in [2.75, 3.05) is 0 Å². The van der Waals surface area contributed by atoms with E-state index in [0.29, 0.717) is 40.9 Å². The number of aryl methyl sites for hydroxylation is 1. The van der Waals surface area contributed by atoms with Crippen molar-refractivity contribution in [3.05, 3.63) is 88.4 Å². The van der Waals surface area contributed by atoms with E-state index < -0.39 is 5.97 Å². The van der Waals surface area contributed by atoms with Crippen LogP contribution in [0.1, 0.15) is 56.6 Å². The van der Waals surface area contributed by atoms with E-state index in [9.17, 15) is 9.59 Å². The molecule has 1 N–H and O–H groups in total. The normalized spacial score (nSPS) is 18.0. The molecule has 0 saturated heterocycles. The monoisotopic (exact) mass is 474 g/mol. The Morgan fingerprint density at radius 2 is 1.80 bits per heavy atom. The molecule has 4 rings (SSSR count). The van der Waals surface area contributed by atoms with Gasteiger partial charge in [-0.05, 0) is 55.9 Å². The van der Waals surface area contributed by atoms with Gasteiger partial charge in [0.1, 0.15) is 11.8 Å². The van der Waals surface area contributed by atoms with Gasteiger partial charge in [0.2, 0.25) is 0 Å². The summed E-state index contributed by atoms with van der Waals surface area (Å²) in [5, 5.41) is 11.5. The van der Waals surface area contributed by atoms with E-state index in [0.717, 1.165) is 18.4 Å². The van der Waals surface area contributed by atoms with Crippen molar-refractivity contribution in [1.82, 2.24) is 9.78 Å². The lowest BCUT2D eigenvalue weighted by atomic mass is 9.77. The molecule has 184 valence electrons. The second-order valence-corrected chi connectivity index (χ2v) is 9.12. The van der Waals surface area contributed by atoms with Crippen LogP contribution in [0.5, 0.6) is 0 Å². The number of benzene rings is 2. The molecule has 1 aliphatic carbocycles. The maximum atomic E-state index is 13.1. The molecule has 0 bridgehead atoms. The fourth-order valence-electron chi connectivity index (χ4n) is 4.44. The maximum Gasteiger partial charge on any atom is 0.340 e.